The van der Waals surface area contributed by atoms with E-state index in [9.17, 15) is 9.59 Å². The van der Waals surface area contributed by atoms with E-state index in [2.05, 4.69) is 10.6 Å². The highest BCUT2D eigenvalue weighted by atomic mass is 16.2. The highest BCUT2D eigenvalue weighted by Gasteiger charge is 2.24. The molecule has 124 valence electrons. The lowest BCUT2D eigenvalue weighted by Crippen LogP contribution is -2.27. The van der Waals surface area contributed by atoms with Crippen molar-refractivity contribution in [2.45, 2.75) is 32.1 Å². The number of rotatable bonds is 6. The summed E-state index contributed by atoms with van der Waals surface area (Å²) in [6.07, 6.45) is 4.29. The minimum atomic E-state index is -0.00916. The molecule has 3 rings (SSSR count). The average Bonchev–Trinajstić information content (AvgIpc) is 2.54. The van der Waals surface area contributed by atoms with Crippen LogP contribution in [0.2, 0.25) is 0 Å². The van der Waals surface area contributed by atoms with Crippen LogP contribution in [0.15, 0.2) is 54.6 Å². The summed E-state index contributed by atoms with van der Waals surface area (Å²) in [5.74, 6) is 0.258. The van der Waals surface area contributed by atoms with Crippen molar-refractivity contribution in [2.75, 3.05) is 10.6 Å². The number of hydrogen-bond donors (Lipinski definition) is 2. The zero-order valence-electron chi connectivity index (χ0n) is 13.6. The fourth-order valence-electron chi connectivity index (χ4n) is 2.68. The molecule has 2 N–H and O–H groups in total. The molecule has 0 heterocycles. The van der Waals surface area contributed by atoms with E-state index in [1.54, 1.807) is 0 Å². The molecule has 0 saturated heterocycles. The molecule has 24 heavy (non-hydrogen) atoms. The Morgan fingerprint density at radius 1 is 0.875 bits per heavy atom. The van der Waals surface area contributed by atoms with Gasteiger partial charge in [0.2, 0.25) is 11.8 Å². The van der Waals surface area contributed by atoms with Crippen LogP contribution in [0.25, 0.3) is 0 Å². The lowest BCUT2D eigenvalue weighted by molar-refractivity contribution is -0.122. The van der Waals surface area contributed by atoms with Gasteiger partial charge in [0.05, 0.1) is 0 Å². The van der Waals surface area contributed by atoms with Gasteiger partial charge in [-0.05, 0) is 49.1 Å². The standard InChI is InChI=1S/C20H22N2O2/c23-19(14-9-15-5-2-1-3-6-15)21-17-10-12-18(13-11-17)22-20(24)16-7-4-8-16/h1-3,5-6,10-13,16H,4,7-9,14H2,(H,21,23)(H,22,24). The topological polar surface area (TPSA) is 58.2 Å². The molecule has 1 aliphatic carbocycles. The molecule has 2 aromatic carbocycles. The SMILES string of the molecule is O=C(CCc1ccccc1)Nc1ccc(NC(=O)C2CCC2)cc1. The highest BCUT2D eigenvalue weighted by Crippen LogP contribution is 2.27. The van der Waals surface area contributed by atoms with E-state index in [-0.39, 0.29) is 17.7 Å². The van der Waals surface area contributed by atoms with E-state index in [4.69, 9.17) is 0 Å². The van der Waals surface area contributed by atoms with Gasteiger partial charge in [-0.2, -0.15) is 0 Å². The molecular weight excluding hydrogens is 300 g/mol. The molecule has 2 amide bonds. The molecule has 2 aromatic rings. The van der Waals surface area contributed by atoms with Gasteiger partial charge in [-0.1, -0.05) is 36.8 Å². The van der Waals surface area contributed by atoms with Crippen LogP contribution in [0.5, 0.6) is 0 Å². The number of amides is 2. The van der Waals surface area contributed by atoms with Crippen LogP contribution >= 0.6 is 0 Å². The lowest BCUT2D eigenvalue weighted by atomic mass is 9.85. The molecule has 0 spiro atoms. The average molecular weight is 322 g/mol. The predicted molar refractivity (Wildman–Crippen MR) is 95.8 cm³/mol. The first-order valence-electron chi connectivity index (χ1n) is 8.45. The zero-order valence-corrected chi connectivity index (χ0v) is 13.6. The van der Waals surface area contributed by atoms with Gasteiger partial charge in [0.1, 0.15) is 0 Å². The number of carbonyl (C=O) groups is 2. The van der Waals surface area contributed by atoms with Crippen molar-refractivity contribution < 1.29 is 9.59 Å². The normalized spacial score (nSPS) is 13.8. The van der Waals surface area contributed by atoms with Gasteiger partial charge in [-0.15, -0.1) is 0 Å². The van der Waals surface area contributed by atoms with Crippen LogP contribution in [0.3, 0.4) is 0 Å². The maximum absolute atomic E-state index is 12.0. The number of nitrogens with one attached hydrogen (secondary N) is 2. The van der Waals surface area contributed by atoms with Crippen molar-refractivity contribution in [3.63, 3.8) is 0 Å². The predicted octanol–water partition coefficient (Wildman–Crippen LogP) is 4.00. The van der Waals surface area contributed by atoms with E-state index in [1.165, 1.54) is 0 Å². The van der Waals surface area contributed by atoms with E-state index in [0.29, 0.717) is 6.42 Å². The van der Waals surface area contributed by atoms with Crippen molar-refractivity contribution >= 4 is 23.2 Å². The zero-order chi connectivity index (χ0) is 16.8. The molecule has 1 aliphatic rings. The molecule has 0 aliphatic heterocycles. The molecular formula is C20H22N2O2. The van der Waals surface area contributed by atoms with Gasteiger partial charge in [0.15, 0.2) is 0 Å². The van der Waals surface area contributed by atoms with Gasteiger partial charge >= 0.3 is 0 Å². The van der Waals surface area contributed by atoms with Crippen molar-refractivity contribution in [1.29, 1.82) is 0 Å². The Kier molecular flexibility index (Phi) is 5.26. The summed E-state index contributed by atoms with van der Waals surface area (Å²) in [5, 5.41) is 5.81. The van der Waals surface area contributed by atoms with Gasteiger partial charge < -0.3 is 10.6 Å². The summed E-state index contributed by atoms with van der Waals surface area (Å²) >= 11 is 0. The number of benzene rings is 2. The Hall–Kier alpha value is -2.62. The smallest absolute Gasteiger partial charge is 0.227 e. The van der Waals surface area contributed by atoms with Crippen molar-refractivity contribution in [2.24, 2.45) is 5.92 Å². The first-order chi connectivity index (χ1) is 11.7. The van der Waals surface area contributed by atoms with Gasteiger partial charge in [-0.3, -0.25) is 9.59 Å². The Balaban J connectivity index is 1.46. The second-order valence-electron chi connectivity index (χ2n) is 6.23. The fraction of sp³-hybridized carbons (Fsp3) is 0.300. The first kappa shape index (κ1) is 16.2. The number of carbonyl (C=O) groups excluding carboxylic acids is 2. The van der Waals surface area contributed by atoms with Crippen molar-refractivity contribution in [3.8, 4) is 0 Å². The molecule has 4 nitrogen and oxygen atoms in total. The van der Waals surface area contributed by atoms with Gasteiger partial charge in [0.25, 0.3) is 0 Å². The number of hydrogen-bond acceptors (Lipinski definition) is 2. The fourth-order valence-corrected chi connectivity index (χ4v) is 2.68. The van der Waals surface area contributed by atoms with Crippen molar-refractivity contribution in [3.05, 3.63) is 60.2 Å². The summed E-state index contributed by atoms with van der Waals surface area (Å²) in [4.78, 5) is 23.9. The molecule has 0 atom stereocenters. The van der Waals surface area contributed by atoms with E-state index in [0.717, 1.165) is 42.6 Å². The quantitative estimate of drug-likeness (QED) is 0.844. The minimum absolute atomic E-state index is 0.00916. The Labute approximate surface area is 142 Å². The van der Waals surface area contributed by atoms with Crippen LogP contribution in [0.1, 0.15) is 31.2 Å². The van der Waals surface area contributed by atoms with E-state index < -0.39 is 0 Å². The number of anilines is 2. The Morgan fingerprint density at radius 2 is 1.50 bits per heavy atom. The maximum atomic E-state index is 12.0. The molecule has 0 unspecified atom stereocenters. The molecule has 1 fully saturated rings. The largest absolute Gasteiger partial charge is 0.326 e. The lowest BCUT2D eigenvalue weighted by Gasteiger charge is -2.24. The van der Waals surface area contributed by atoms with Gasteiger partial charge in [-0.25, -0.2) is 0 Å². The second-order valence-corrected chi connectivity index (χ2v) is 6.23. The van der Waals surface area contributed by atoms with Gasteiger partial charge in [0, 0.05) is 23.7 Å². The van der Waals surface area contributed by atoms with Crippen LogP contribution in [0, 0.1) is 5.92 Å². The van der Waals surface area contributed by atoms with Crippen molar-refractivity contribution in [1.82, 2.24) is 0 Å². The molecule has 0 radical (unpaired) electrons. The first-order valence-corrected chi connectivity index (χ1v) is 8.45. The van der Waals surface area contributed by atoms with E-state index in [1.807, 2.05) is 54.6 Å². The van der Waals surface area contributed by atoms with Crippen LogP contribution < -0.4 is 10.6 Å². The number of aryl methyl sites for hydroxylation is 1. The van der Waals surface area contributed by atoms with E-state index >= 15 is 0 Å². The summed E-state index contributed by atoms with van der Waals surface area (Å²) < 4.78 is 0. The second kappa shape index (κ2) is 7.77. The molecule has 0 aromatic heterocycles. The summed E-state index contributed by atoms with van der Waals surface area (Å²) in [6.45, 7) is 0. The summed E-state index contributed by atoms with van der Waals surface area (Å²) in [5.41, 5.74) is 2.67. The summed E-state index contributed by atoms with van der Waals surface area (Å²) in [7, 11) is 0. The minimum Gasteiger partial charge on any atom is -0.326 e. The molecule has 4 heteroatoms. The van der Waals surface area contributed by atoms with Crippen LogP contribution in [0.4, 0.5) is 11.4 Å². The third kappa shape index (κ3) is 4.44. The Morgan fingerprint density at radius 3 is 2.08 bits per heavy atom. The third-order valence-electron chi connectivity index (χ3n) is 4.40. The third-order valence-corrected chi connectivity index (χ3v) is 4.40. The summed E-state index contributed by atoms with van der Waals surface area (Å²) in [6, 6.07) is 17.2. The molecule has 0 bridgehead atoms. The maximum Gasteiger partial charge on any atom is 0.227 e. The monoisotopic (exact) mass is 322 g/mol. The van der Waals surface area contributed by atoms with Crippen LogP contribution in [-0.2, 0) is 16.0 Å². The highest BCUT2D eigenvalue weighted by molar-refractivity contribution is 5.94. The van der Waals surface area contributed by atoms with Crippen LogP contribution in [-0.4, -0.2) is 11.8 Å². The Bertz CT molecular complexity index is 691. The molecule has 1 saturated carbocycles.